The van der Waals surface area contributed by atoms with Crippen LogP contribution in [0.15, 0.2) is 57.7 Å². The van der Waals surface area contributed by atoms with Crippen molar-refractivity contribution in [3.63, 3.8) is 0 Å². The van der Waals surface area contributed by atoms with E-state index in [1.165, 1.54) is 11.6 Å². The first-order valence-electron chi connectivity index (χ1n) is 6.96. The number of para-hydroxylation sites is 2. The van der Waals surface area contributed by atoms with Crippen LogP contribution in [0.4, 0.5) is 0 Å². The summed E-state index contributed by atoms with van der Waals surface area (Å²) in [7, 11) is 3.18. The highest BCUT2D eigenvalue weighted by atomic mass is 16.4. The molecule has 0 unspecified atom stereocenters. The second-order valence-electron chi connectivity index (χ2n) is 5.11. The first-order valence-corrected chi connectivity index (χ1v) is 6.96. The highest BCUT2D eigenvalue weighted by Crippen LogP contribution is 2.20. The number of carbonyl (C=O) groups excluding carboxylic acids is 2. The molecule has 0 radical (unpaired) electrons. The number of hydrogen-bond donors (Lipinski definition) is 0. The summed E-state index contributed by atoms with van der Waals surface area (Å²) in [6, 6.07) is 14.2. The molecule has 0 saturated heterocycles. The number of carbonyl (C=O) groups is 2. The van der Waals surface area contributed by atoms with E-state index < -0.39 is 0 Å². The van der Waals surface area contributed by atoms with Crippen LogP contribution in [-0.2, 0) is 7.05 Å². The second-order valence-corrected chi connectivity index (χ2v) is 5.11. The van der Waals surface area contributed by atoms with Crippen molar-refractivity contribution < 1.29 is 14.0 Å². The summed E-state index contributed by atoms with van der Waals surface area (Å²) >= 11 is 0. The Balaban J connectivity index is 0.000000167. The second kappa shape index (κ2) is 6.54. The lowest BCUT2D eigenvalue weighted by atomic mass is 10.1. The van der Waals surface area contributed by atoms with Gasteiger partial charge in [0.05, 0.1) is 16.6 Å². The molecule has 6 nitrogen and oxygen atoms in total. The maximum atomic E-state index is 11.3. The highest BCUT2D eigenvalue weighted by molar-refractivity contribution is 6.21. The zero-order valence-electron chi connectivity index (χ0n) is 12.6. The molecule has 0 spiro atoms. The Bertz CT molecular complexity index is 933. The minimum Gasteiger partial charge on any atom is -0.408 e. The topological polar surface area (TPSA) is 72.5 Å². The van der Waals surface area contributed by atoms with Crippen LogP contribution in [0.1, 0.15) is 28.1 Å². The van der Waals surface area contributed by atoms with Crippen molar-refractivity contribution in [1.82, 2.24) is 9.47 Å². The minimum absolute atomic E-state index is 0. The molecule has 1 aliphatic rings. The van der Waals surface area contributed by atoms with Crippen LogP contribution in [-0.4, -0.2) is 28.3 Å². The van der Waals surface area contributed by atoms with Gasteiger partial charge in [-0.05, 0) is 24.3 Å². The summed E-state index contributed by atoms with van der Waals surface area (Å²) in [6.07, 6.45) is 0. The van der Waals surface area contributed by atoms with E-state index in [1.807, 2.05) is 18.2 Å². The molecular formula is C18H18N2O4. The number of benzene rings is 2. The normalized spacial score (nSPS) is 12.5. The average Bonchev–Trinajstić information content (AvgIpc) is 2.99. The monoisotopic (exact) mass is 326 g/mol. The molecule has 3 aromatic rings. The van der Waals surface area contributed by atoms with Gasteiger partial charge in [-0.2, -0.15) is 0 Å². The molecular weight excluding hydrogens is 308 g/mol. The summed E-state index contributed by atoms with van der Waals surface area (Å²) in [4.78, 5) is 34.7. The molecule has 6 heteroatoms. The van der Waals surface area contributed by atoms with Crippen LogP contribution < -0.4 is 5.76 Å². The maximum absolute atomic E-state index is 11.3. The van der Waals surface area contributed by atoms with Crippen molar-refractivity contribution in [2.24, 2.45) is 7.05 Å². The third-order valence-electron chi connectivity index (χ3n) is 3.69. The van der Waals surface area contributed by atoms with E-state index in [9.17, 15) is 14.4 Å². The maximum Gasteiger partial charge on any atom is 0.419 e. The standard InChI is InChI=1S/C9H7NO2.C8H7NO2.CH4/c1-10-8(11)6-4-2-3-5-7(6)9(10)12;1-9-6-4-2-3-5-7(6)11-8(9)10;/h2-5H,1H3;2-5H,1H3;1H4. The van der Waals surface area contributed by atoms with Gasteiger partial charge in [0.1, 0.15) is 0 Å². The Labute approximate surface area is 138 Å². The number of fused-ring (bicyclic) bond motifs is 2. The lowest BCUT2D eigenvalue weighted by Gasteiger charge is -2.02. The van der Waals surface area contributed by atoms with Crippen LogP contribution >= 0.6 is 0 Å². The van der Waals surface area contributed by atoms with Gasteiger partial charge in [0.15, 0.2) is 5.58 Å². The Hall–Kier alpha value is -3.15. The molecule has 2 aromatic carbocycles. The van der Waals surface area contributed by atoms with E-state index in [0.717, 1.165) is 10.4 Å². The quantitative estimate of drug-likeness (QED) is 0.595. The van der Waals surface area contributed by atoms with Gasteiger partial charge in [0, 0.05) is 14.1 Å². The zero-order valence-corrected chi connectivity index (χ0v) is 12.6. The van der Waals surface area contributed by atoms with Crippen molar-refractivity contribution in [3.8, 4) is 0 Å². The van der Waals surface area contributed by atoms with Gasteiger partial charge in [-0.1, -0.05) is 31.7 Å². The van der Waals surface area contributed by atoms with E-state index in [1.54, 1.807) is 37.4 Å². The van der Waals surface area contributed by atoms with Crippen molar-refractivity contribution in [2.45, 2.75) is 7.43 Å². The van der Waals surface area contributed by atoms with Crippen LogP contribution in [0.2, 0.25) is 0 Å². The molecule has 24 heavy (non-hydrogen) atoms. The fraction of sp³-hybridized carbons (Fsp3) is 0.167. The van der Waals surface area contributed by atoms with Crippen molar-refractivity contribution in [3.05, 3.63) is 70.2 Å². The Morgan fingerprint density at radius 3 is 1.83 bits per heavy atom. The lowest BCUT2D eigenvalue weighted by Crippen LogP contribution is -2.24. The Kier molecular flexibility index (Phi) is 4.69. The van der Waals surface area contributed by atoms with Gasteiger partial charge in [-0.15, -0.1) is 0 Å². The predicted molar refractivity (Wildman–Crippen MR) is 91.1 cm³/mol. The molecule has 4 rings (SSSR count). The zero-order chi connectivity index (χ0) is 16.6. The third-order valence-corrected chi connectivity index (χ3v) is 3.69. The van der Waals surface area contributed by atoms with Gasteiger partial charge in [-0.25, -0.2) is 4.79 Å². The molecule has 2 amide bonds. The molecule has 1 aliphatic heterocycles. The SMILES string of the molecule is C.CN1C(=O)c2ccccc2C1=O.Cn1c(=O)oc2ccccc21. The molecule has 124 valence electrons. The van der Waals surface area contributed by atoms with Gasteiger partial charge in [0.2, 0.25) is 0 Å². The van der Waals surface area contributed by atoms with E-state index in [2.05, 4.69) is 0 Å². The third kappa shape index (κ3) is 2.74. The molecule has 0 N–H and O–H groups in total. The molecule has 0 atom stereocenters. The van der Waals surface area contributed by atoms with E-state index in [-0.39, 0.29) is 25.0 Å². The molecule has 1 aromatic heterocycles. The number of oxazole rings is 1. The fourth-order valence-electron chi connectivity index (χ4n) is 2.39. The van der Waals surface area contributed by atoms with Gasteiger partial charge in [-0.3, -0.25) is 19.1 Å². The van der Waals surface area contributed by atoms with Gasteiger partial charge < -0.3 is 4.42 Å². The number of amides is 2. The largest absolute Gasteiger partial charge is 0.419 e. The van der Waals surface area contributed by atoms with Gasteiger partial charge >= 0.3 is 5.76 Å². The predicted octanol–water partition coefficient (Wildman–Crippen LogP) is 2.68. The van der Waals surface area contributed by atoms with Crippen LogP contribution in [0.3, 0.4) is 0 Å². The number of imide groups is 1. The summed E-state index contributed by atoms with van der Waals surface area (Å²) in [5.74, 6) is -0.739. The molecule has 0 bridgehead atoms. The average molecular weight is 326 g/mol. The minimum atomic E-state index is -0.314. The smallest absolute Gasteiger partial charge is 0.408 e. The molecule has 0 aliphatic carbocycles. The molecule has 2 heterocycles. The van der Waals surface area contributed by atoms with Crippen LogP contribution in [0.25, 0.3) is 11.1 Å². The van der Waals surface area contributed by atoms with Crippen molar-refractivity contribution in [1.29, 1.82) is 0 Å². The number of nitrogens with zero attached hydrogens (tertiary/aromatic N) is 2. The van der Waals surface area contributed by atoms with E-state index in [0.29, 0.717) is 16.7 Å². The Morgan fingerprint density at radius 2 is 1.29 bits per heavy atom. The van der Waals surface area contributed by atoms with Crippen molar-refractivity contribution in [2.75, 3.05) is 7.05 Å². The summed E-state index contributed by atoms with van der Waals surface area (Å²) in [5, 5.41) is 0. The fourth-order valence-corrected chi connectivity index (χ4v) is 2.39. The van der Waals surface area contributed by atoms with Crippen LogP contribution in [0, 0.1) is 0 Å². The lowest BCUT2D eigenvalue weighted by molar-refractivity contribution is 0.0693. The highest BCUT2D eigenvalue weighted by Gasteiger charge is 2.31. The Morgan fingerprint density at radius 1 is 0.792 bits per heavy atom. The van der Waals surface area contributed by atoms with E-state index in [4.69, 9.17) is 4.42 Å². The molecule has 0 fully saturated rings. The molecule has 0 saturated carbocycles. The number of rotatable bonds is 0. The van der Waals surface area contributed by atoms with E-state index >= 15 is 0 Å². The summed E-state index contributed by atoms with van der Waals surface area (Å²) in [5.41, 5.74) is 2.48. The number of hydrogen-bond acceptors (Lipinski definition) is 4. The van der Waals surface area contributed by atoms with Crippen LogP contribution in [0.5, 0.6) is 0 Å². The summed E-state index contributed by atoms with van der Waals surface area (Å²) in [6.45, 7) is 0. The first kappa shape index (κ1) is 17.2. The summed E-state index contributed by atoms with van der Waals surface area (Å²) < 4.78 is 6.39. The van der Waals surface area contributed by atoms with Crippen molar-refractivity contribution >= 4 is 22.9 Å². The number of aryl methyl sites for hydroxylation is 1. The first-order chi connectivity index (χ1) is 11.0. The van der Waals surface area contributed by atoms with Gasteiger partial charge in [0.25, 0.3) is 11.8 Å². The number of aromatic nitrogens is 1.